The van der Waals surface area contributed by atoms with Gasteiger partial charge in [0.2, 0.25) is 6.36 Å². The van der Waals surface area contributed by atoms with Crippen LogP contribution >= 0.6 is 22.6 Å². The fourth-order valence-electron chi connectivity index (χ4n) is 1.25. The predicted molar refractivity (Wildman–Crippen MR) is 73.2 cm³/mol. The van der Waals surface area contributed by atoms with Crippen LogP contribution in [0, 0.1) is 8.98 Å². The second kappa shape index (κ2) is 6.75. The van der Waals surface area contributed by atoms with Gasteiger partial charge in [0.05, 0.1) is 0 Å². The van der Waals surface area contributed by atoms with E-state index in [0.29, 0.717) is 0 Å². The van der Waals surface area contributed by atoms with Crippen LogP contribution in [0.5, 0.6) is 0 Å². The van der Waals surface area contributed by atoms with Gasteiger partial charge < -0.3 is 15.8 Å². The minimum Gasteiger partial charge on any atom is -0.370 e. The van der Waals surface area contributed by atoms with Crippen molar-refractivity contribution in [2.24, 2.45) is 5.73 Å². The van der Waals surface area contributed by atoms with Gasteiger partial charge in [-0.2, -0.15) is 0 Å². The van der Waals surface area contributed by atoms with Crippen LogP contribution in [-0.4, -0.2) is 12.3 Å². The molecule has 0 aliphatic heterocycles. The van der Waals surface area contributed by atoms with Gasteiger partial charge in [0.1, 0.15) is 0 Å². The molecule has 2 unspecified atom stereocenters. The summed E-state index contributed by atoms with van der Waals surface area (Å²) in [6, 6.07) is 7.41. The lowest BCUT2D eigenvalue weighted by atomic mass is 10.2. The van der Waals surface area contributed by atoms with Crippen LogP contribution in [0.4, 0.5) is 4.39 Å². The molecular formula is C11H15FIN3O. The van der Waals surface area contributed by atoms with Gasteiger partial charge in [-0.15, -0.1) is 0 Å². The van der Waals surface area contributed by atoms with E-state index in [1.165, 1.54) is 0 Å². The molecule has 0 spiro atoms. The molecule has 1 aromatic rings. The summed E-state index contributed by atoms with van der Waals surface area (Å²) < 4.78 is 19.4. The molecule has 0 aliphatic rings. The van der Waals surface area contributed by atoms with Crippen LogP contribution in [-0.2, 0) is 4.74 Å². The maximum Gasteiger partial charge on any atom is 0.201 e. The highest BCUT2D eigenvalue weighted by atomic mass is 127. The van der Waals surface area contributed by atoms with Crippen molar-refractivity contribution in [3.63, 3.8) is 0 Å². The Kier molecular flexibility index (Phi) is 5.63. The van der Waals surface area contributed by atoms with Crippen molar-refractivity contribution in [1.82, 2.24) is 5.32 Å². The topological polar surface area (TPSA) is 71.1 Å². The number of halogens is 2. The molecule has 0 heterocycles. The van der Waals surface area contributed by atoms with Gasteiger partial charge in [0.25, 0.3) is 0 Å². The minimum absolute atomic E-state index is 0.250. The Hall–Kier alpha value is -0.890. The average molecular weight is 351 g/mol. The zero-order chi connectivity index (χ0) is 12.8. The highest BCUT2D eigenvalue weighted by Gasteiger charge is 2.17. The molecule has 0 saturated carbocycles. The predicted octanol–water partition coefficient (Wildman–Crippen LogP) is 2.50. The molecule has 17 heavy (non-hydrogen) atoms. The third kappa shape index (κ3) is 4.86. The molecule has 4 N–H and O–H groups in total. The Morgan fingerprint density at radius 2 is 2.35 bits per heavy atom. The van der Waals surface area contributed by atoms with E-state index in [9.17, 15) is 4.39 Å². The van der Waals surface area contributed by atoms with Crippen molar-refractivity contribution in [3.05, 3.63) is 33.4 Å². The Morgan fingerprint density at radius 3 is 2.88 bits per heavy atom. The summed E-state index contributed by atoms with van der Waals surface area (Å²) >= 11 is 2.15. The van der Waals surface area contributed by atoms with Gasteiger partial charge in [-0.25, -0.2) is 4.39 Å². The quantitative estimate of drug-likeness (QED) is 0.330. The maximum absolute atomic E-state index is 13.2. The Balaban J connectivity index is 2.85. The van der Waals surface area contributed by atoms with E-state index < -0.39 is 12.6 Å². The van der Waals surface area contributed by atoms with E-state index in [4.69, 9.17) is 15.9 Å². The molecule has 0 bridgehead atoms. The number of nitrogens with two attached hydrogens (primary N) is 1. The maximum atomic E-state index is 13.2. The van der Waals surface area contributed by atoms with Gasteiger partial charge in [-0.1, -0.05) is 19.1 Å². The molecule has 0 fully saturated rings. The molecule has 1 rings (SSSR count). The third-order valence-corrected chi connectivity index (χ3v) is 2.71. The fourth-order valence-corrected chi connectivity index (χ4v) is 1.82. The van der Waals surface area contributed by atoms with E-state index in [0.717, 1.165) is 9.13 Å². The first-order valence-electron chi connectivity index (χ1n) is 5.18. The second-order valence-corrected chi connectivity index (χ2v) is 4.69. The van der Waals surface area contributed by atoms with Crippen LogP contribution < -0.4 is 11.1 Å². The van der Waals surface area contributed by atoms with Gasteiger partial charge in [-0.05, 0) is 34.7 Å². The summed E-state index contributed by atoms with van der Waals surface area (Å²) in [6.07, 6.45) is -1.87. The Labute approximate surface area is 113 Å². The normalized spacial score (nSPS) is 14.1. The highest BCUT2D eigenvalue weighted by Crippen LogP contribution is 2.20. The number of alkyl halides is 1. The van der Waals surface area contributed by atoms with Crippen molar-refractivity contribution < 1.29 is 9.13 Å². The zero-order valence-corrected chi connectivity index (χ0v) is 11.6. The first-order valence-corrected chi connectivity index (χ1v) is 6.26. The highest BCUT2D eigenvalue weighted by molar-refractivity contribution is 14.1. The lowest BCUT2D eigenvalue weighted by molar-refractivity contribution is -0.0947. The lowest BCUT2D eigenvalue weighted by Gasteiger charge is -2.21. The van der Waals surface area contributed by atoms with Gasteiger partial charge in [0, 0.05) is 15.6 Å². The van der Waals surface area contributed by atoms with Crippen molar-refractivity contribution in [2.75, 3.05) is 0 Å². The van der Waals surface area contributed by atoms with Gasteiger partial charge >= 0.3 is 0 Å². The molecule has 0 aromatic heterocycles. The van der Waals surface area contributed by atoms with E-state index in [2.05, 4.69) is 27.9 Å². The van der Waals surface area contributed by atoms with Crippen molar-refractivity contribution in [2.45, 2.75) is 25.9 Å². The van der Waals surface area contributed by atoms with Crippen molar-refractivity contribution in [3.8, 4) is 0 Å². The Morgan fingerprint density at radius 1 is 1.65 bits per heavy atom. The number of guanidine groups is 1. The van der Waals surface area contributed by atoms with Crippen LogP contribution in [0.3, 0.4) is 0 Å². The summed E-state index contributed by atoms with van der Waals surface area (Å²) in [5.41, 5.74) is 5.99. The summed E-state index contributed by atoms with van der Waals surface area (Å²) in [7, 11) is 0. The first-order chi connectivity index (χ1) is 8.02. The molecule has 0 radical (unpaired) electrons. The number of hydrogen-bond donors (Lipinski definition) is 3. The first kappa shape index (κ1) is 14.2. The van der Waals surface area contributed by atoms with Gasteiger partial charge in [-0.3, -0.25) is 5.41 Å². The number of hydrogen-bond acceptors (Lipinski definition) is 2. The largest absolute Gasteiger partial charge is 0.370 e. The standard InChI is InChI=1S/C11H15FIN3O/c1-2-9(12)17-10(16-11(14)15)7-4-3-5-8(13)6-7/h3-6,9-10H,2H2,1H3,(H4,14,15,16). The van der Waals surface area contributed by atoms with E-state index >= 15 is 0 Å². The smallest absolute Gasteiger partial charge is 0.201 e. The average Bonchev–Trinajstić information content (AvgIpc) is 2.27. The Bertz CT molecular complexity index is 389. The summed E-state index contributed by atoms with van der Waals surface area (Å²) in [5, 5.41) is 9.78. The minimum atomic E-state index is -1.38. The van der Waals surface area contributed by atoms with Crippen LogP contribution in [0.2, 0.25) is 0 Å². The number of ether oxygens (including phenoxy) is 1. The monoisotopic (exact) mass is 351 g/mol. The molecular weight excluding hydrogens is 336 g/mol. The van der Waals surface area contributed by atoms with Gasteiger partial charge in [0.15, 0.2) is 12.2 Å². The molecule has 4 nitrogen and oxygen atoms in total. The SMILES string of the molecule is CCC(F)OC(NC(=N)N)c1cccc(I)c1. The van der Waals surface area contributed by atoms with Crippen LogP contribution in [0.25, 0.3) is 0 Å². The lowest BCUT2D eigenvalue weighted by Crippen LogP contribution is -2.36. The summed E-state index contributed by atoms with van der Waals surface area (Å²) in [6.45, 7) is 1.68. The van der Waals surface area contributed by atoms with Crippen LogP contribution in [0.15, 0.2) is 24.3 Å². The fraction of sp³-hybridized carbons (Fsp3) is 0.364. The molecule has 2 atom stereocenters. The van der Waals surface area contributed by atoms with Crippen molar-refractivity contribution >= 4 is 28.6 Å². The number of nitrogens with one attached hydrogen (secondary N) is 2. The molecule has 0 aliphatic carbocycles. The molecule has 0 amide bonds. The van der Waals surface area contributed by atoms with Crippen molar-refractivity contribution in [1.29, 1.82) is 5.41 Å². The molecule has 94 valence electrons. The van der Waals surface area contributed by atoms with E-state index in [1.807, 2.05) is 18.2 Å². The summed E-state index contributed by atoms with van der Waals surface area (Å²) in [4.78, 5) is 0. The molecule has 1 aromatic carbocycles. The number of rotatable bonds is 5. The van der Waals surface area contributed by atoms with E-state index in [-0.39, 0.29) is 12.4 Å². The number of benzene rings is 1. The molecule has 6 heteroatoms. The summed E-state index contributed by atoms with van der Waals surface area (Å²) in [5.74, 6) is -0.253. The zero-order valence-electron chi connectivity index (χ0n) is 9.41. The third-order valence-electron chi connectivity index (χ3n) is 2.04. The molecule has 0 saturated heterocycles. The second-order valence-electron chi connectivity index (χ2n) is 3.45. The van der Waals surface area contributed by atoms with E-state index in [1.54, 1.807) is 13.0 Å². The van der Waals surface area contributed by atoms with Crippen LogP contribution in [0.1, 0.15) is 25.1 Å².